The number of carbonyl (C=O) groups excluding carboxylic acids is 1. The molecule has 1 aliphatic carbocycles. The van der Waals surface area contributed by atoms with Crippen LogP contribution in [0, 0.1) is 16.7 Å². The molecular weight excluding hydrogens is 204 g/mol. The highest BCUT2D eigenvalue weighted by Crippen LogP contribution is 2.35. The number of hydrogen-bond acceptors (Lipinski definition) is 3. The van der Waals surface area contributed by atoms with E-state index in [4.69, 9.17) is 4.84 Å². The van der Waals surface area contributed by atoms with E-state index in [9.17, 15) is 10.1 Å². The standard InChI is InChI=1S/C12H20N2O2/c1-11(2,3)16-14-10(15)12(9-13)7-5-4-6-8-12/h4-8H2,1-3H3,(H,14,15). The summed E-state index contributed by atoms with van der Waals surface area (Å²) in [5.74, 6) is -0.287. The summed E-state index contributed by atoms with van der Waals surface area (Å²) in [6.45, 7) is 5.56. The third kappa shape index (κ3) is 3.21. The van der Waals surface area contributed by atoms with Crippen LogP contribution in [0.3, 0.4) is 0 Å². The Morgan fingerprint density at radius 3 is 2.31 bits per heavy atom. The quantitative estimate of drug-likeness (QED) is 0.732. The van der Waals surface area contributed by atoms with Gasteiger partial charge in [0, 0.05) is 0 Å². The number of rotatable bonds is 2. The predicted octanol–water partition coefficient (Wildman–Crippen LogP) is 2.31. The first-order valence-electron chi connectivity index (χ1n) is 5.79. The molecule has 1 rings (SSSR count). The molecule has 0 heterocycles. The molecule has 0 spiro atoms. The number of carbonyl (C=O) groups is 1. The lowest BCUT2D eigenvalue weighted by atomic mass is 9.75. The van der Waals surface area contributed by atoms with Crippen LogP contribution in [0.5, 0.6) is 0 Å². The zero-order chi connectivity index (χ0) is 12.2. The summed E-state index contributed by atoms with van der Waals surface area (Å²) >= 11 is 0. The third-order valence-electron chi connectivity index (χ3n) is 2.81. The largest absolute Gasteiger partial charge is 0.271 e. The molecule has 1 N–H and O–H groups in total. The number of amides is 1. The molecule has 4 nitrogen and oxygen atoms in total. The van der Waals surface area contributed by atoms with Crippen LogP contribution in [0.2, 0.25) is 0 Å². The summed E-state index contributed by atoms with van der Waals surface area (Å²) in [4.78, 5) is 17.2. The molecule has 1 amide bonds. The minimum Gasteiger partial charge on any atom is -0.271 e. The van der Waals surface area contributed by atoms with Crippen molar-refractivity contribution in [2.45, 2.75) is 58.5 Å². The molecule has 0 unspecified atom stereocenters. The second-order valence-corrected chi connectivity index (χ2v) is 5.40. The van der Waals surface area contributed by atoms with Gasteiger partial charge in [-0.25, -0.2) is 5.48 Å². The summed E-state index contributed by atoms with van der Waals surface area (Å²) in [5, 5.41) is 9.17. The van der Waals surface area contributed by atoms with Crippen LogP contribution in [0.25, 0.3) is 0 Å². The predicted molar refractivity (Wildman–Crippen MR) is 60.1 cm³/mol. The molecule has 0 aromatic rings. The number of nitrogens with one attached hydrogen (secondary N) is 1. The summed E-state index contributed by atoms with van der Waals surface area (Å²) in [6.07, 6.45) is 4.27. The van der Waals surface area contributed by atoms with Crippen LogP contribution >= 0.6 is 0 Å². The van der Waals surface area contributed by atoms with E-state index in [-0.39, 0.29) is 5.91 Å². The van der Waals surface area contributed by atoms with Gasteiger partial charge < -0.3 is 0 Å². The van der Waals surface area contributed by atoms with E-state index in [1.54, 1.807) is 0 Å². The van der Waals surface area contributed by atoms with Gasteiger partial charge in [-0.05, 0) is 33.6 Å². The van der Waals surface area contributed by atoms with Crippen molar-refractivity contribution in [2.75, 3.05) is 0 Å². The fourth-order valence-electron chi connectivity index (χ4n) is 1.84. The molecule has 0 aromatic carbocycles. The lowest BCUT2D eigenvalue weighted by Crippen LogP contribution is -2.44. The van der Waals surface area contributed by atoms with Crippen molar-refractivity contribution in [3.63, 3.8) is 0 Å². The smallest absolute Gasteiger partial charge is 0.264 e. The monoisotopic (exact) mass is 224 g/mol. The Morgan fingerprint density at radius 1 is 1.31 bits per heavy atom. The maximum atomic E-state index is 11.9. The van der Waals surface area contributed by atoms with Gasteiger partial charge in [0.2, 0.25) is 0 Å². The Hall–Kier alpha value is -1.08. The van der Waals surface area contributed by atoms with Crippen LogP contribution in [-0.2, 0) is 9.63 Å². The van der Waals surface area contributed by atoms with E-state index in [1.165, 1.54) is 0 Å². The summed E-state index contributed by atoms with van der Waals surface area (Å²) in [7, 11) is 0. The van der Waals surface area contributed by atoms with Gasteiger partial charge in [0.25, 0.3) is 5.91 Å². The highest BCUT2D eigenvalue weighted by atomic mass is 16.7. The molecule has 1 fully saturated rings. The molecule has 0 atom stereocenters. The molecule has 0 saturated heterocycles. The maximum absolute atomic E-state index is 11.9. The lowest BCUT2D eigenvalue weighted by molar-refractivity contribution is -0.154. The zero-order valence-corrected chi connectivity index (χ0v) is 10.3. The van der Waals surface area contributed by atoms with Crippen molar-refractivity contribution in [1.29, 1.82) is 5.26 Å². The van der Waals surface area contributed by atoms with Crippen molar-refractivity contribution in [3.8, 4) is 6.07 Å². The average Bonchev–Trinajstić information content (AvgIpc) is 2.25. The topological polar surface area (TPSA) is 62.1 Å². The van der Waals surface area contributed by atoms with E-state index >= 15 is 0 Å². The molecule has 0 bridgehead atoms. The Bertz CT molecular complexity index is 293. The van der Waals surface area contributed by atoms with E-state index in [2.05, 4.69) is 11.5 Å². The van der Waals surface area contributed by atoms with Gasteiger partial charge >= 0.3 is 0 Å². The van der Waals surface area contributed by atoms with E-state index in [0.29, 0.717) is 12.8 Å². The Balaban J connectivity index is 2.60. The van der Waals surface area contributed by atoms with Gasteiger partial charge in [-0.2, -0.15) is 5.26 Å². The van der Waals surface area contributed by atoms with Gasteiger partial charge in [-0.3, -0.25) is 9.63 Å². The van der Waals surface area contributed by atoms with Crippen LogP contribution in [0.4, 0.5) is 0 Å². The molecular formula is C12H20N2O2. The van der Waals surface area contributed by atoms with Crippen molar-refractivity contribution in [3.05, 3.63) is 0 Å². The second kappa shape index (κ2) is 4.84. The second-order valence-electron chi connectivity index (χ2n) is 5.40. The Kier molecular flexibility index (Phi) is 3.93. The number of hydroxylamine groups is 1. The SMILES string of the molecule is CC(C)(C)ONC(=O)C1(C#N)CCCCC1. The third-order valence-corrected chi connectivity index (χ3v) is 2.81. The van der Waals surface area contributed by atoms with Crippen molar-refractivity contribution in [1.82, 2.24) is 5.48 Å². The van der Waals surface area contributed by atoms with Gasteiger partial charge in [-0.15, -0.1) is 0 Å². The maximum Gasteiger partial charge on any atom is 0.264 e. The van der Waals surface area contributed by atoms with Gasteiger partial charge in [0.05, 0.1) is 11.7 Å². The molecule has 16 heavy (non-hydrogen) atoms. The van der Waals surface area contributed by atoms with Crippen LogP contribution < -0.4 is 5.48 Å². The Morgan fingerprint density at radius 2 is 1.88 bits per heavy atom. The minimum atomic E-state index is -0.872. The molecule has 0 radical (unpaired) electrons. The average molecular weight is 224 g/mol. The van der Waals surface area contributed by atoms with Gasteiger partial charge in [0.15, 0.2) is 0 Å². The van der Waals surface area contributed by atoms with Crippen LogP contribution in [0.15, 0.2) is 0 Å². The number of nitriles is 1. The summed E-state index contributed by atoms with van der Waals surface area (Å²) < 4.78 is 0. The molecule has 4 heteroatoms. The first kappa shape index (κ1) is 13.0. The normalized spacial score (nSPS) is 19.9. The first-order valence-corrected chi connectivity index (χ1v) is 5.79. The Labute approximate surface area is 96.9 Å². The molecule has 90 valence electrons. The molecule has 0 aromatic heterocycles. The van der Waals surface area contributed by atoms with E-state index in [1.807, 2.05) is 20.8 Å². The van der Waals surface area contributed by atoms with E-state index < -0.39 is 11.0 Å². The molecule has 1 aliphatic rings. The molecule has 0 aliphatic heterocycles. The number of nitrogens with zero attached hydrogens (tertiary/aromatic N) is 1. The summed E-state index contributed by atoms with van der Waals surface area (Å²) in [5.41, 5.74) is 1.12. The van der Waals surface area contributed by atoms with Crippen molar-refractivity contribution in [2.24, 2.45) is 5.41 Å². The first-order chi connectivity index (χ1) is 7.40. The summed E-state index contributed by atoms with van der Waals surface area (Å²) in [6, 6.07) is 2.16. The molecule has 1 saturated carbocycles. The fraction of sp³-hybridized carbons (Fsp3) is 0.833. The van der Waals surface area contributed by atoms with E-state index in [0.717, 1.165) is 19.3 Å². The fourth-order valence-corrected chi connectivity index (χ4v) is 1.84. The number of hydrogen-bond donors (Lipinski definition) is 1. The zero-order valence-electron chi connectivity index (χ0n) is 10.3. The van der Waals surface area contributed by atoms with Crippen LogP contribution in [0.1, 0.15) is 52.9 Å². The van der Waals surface area contributed by atoms with Crippen LogP contribution in [-0.4, -0.2) is 11.5 Å². The highest BCUT2D eigenvalue weighted by Gasteiger charge is 2.40. The van der Waals surface area contributed by atoms with Crippen molar-refractivity contribution < 1.29 is 9.63 Å². The van der Waals surface area contributed by atoms with Gasteiger partial charge in [-0.1, -0.05) is 19.3 Å². The lowest BCUT2D eigenvalue weighted by Gasteiger charge is -2.30. The highest BCUT2D eigenvalue weighted by molar-refractivity contribution is 5.84. The minimum absolute atomic E-state index is 0.287. The van der Waals surface area contributed by atoms with Crippen molar-refractivity contribution >= 4 is 5.91 Å². The van der Waals surface area contributed by atoms with Gasteiger partial charge in [0.1, 0.15) is 5.41 Å².